The quantitative estimate of drug-likeness (QED) is 0.674. The predicted octanol–water partition coefficient (Wildman–Crippen LogP) is 3.54. The second kappa shape index (κ2) is 6.75. The average Bonchev–Trinajstić information content (AvgIpc) is 3.34. The Hall–Kier alpha value is -3.11. The van der Waals surface area contributed by atoms with Gasteiger partial charge in [0.25, 0.3) is 0 Å². The summed E-state index contributed by atoms with van der Waals surface area (Å²) in [6.45, 7) is 6.82. The predicted molar refractivity (Wildman–Crippen MR) is 101 cm³/mol. The van der Waals surface area contributed by atoms with Crippen molar-refractivity contribution in [2.24, 2.45) is 0 Å². The Balaban J connectivity index is 1.64. The van der Waals surface area contributed by atoms with Gasteiger partial charge >= 0.3 is 6.18 Å². The minimum atomic E-state index is -4.53. The third kappa shape index (κ3) is 3.19. The van der Waals surface area contributed by atoms with Crippen LogP contribution in [-0.4, -0.2) is 35.8 Å². The molecule has 4 heterocycles. The summed E-state index contributed by atoms with van der Waals surface area (Å²) in [5, 5.41) is 10.1. The minimum absolute atomic E-state index is 0.0645. The lowest BCUT2D eigenvalue weighted by atomic mass is 10.00. The van der Waals surface area contributed by atoms with E-state index in [-0.39, 0.29) is 11.8 Å². The first-order chi connectivity index (χ1) is 13.7. The topological polar surface area (TPSA) is 85.5 Å². The molecule has 0 bridgehead atoms. The van der Waals surface area contributed by atoms with Crippen LogP contribution in [0.4, 0.5) is 30.6 Å². The summed E-state index contributed by atoms with van der Waals surface area (Å²) < 4.78 is 43.4. The van der Waals surface area contributed by atoms with Gasteiger partial charge in [-0.05, 0) is 27.2 Å². The molecule has 1 aliphatic heterocycles. The van der Waals surface area contributed by atoms with Crippen LogP contribution in [0.5, 0.6) is 0 Å². The third-order valence-corrected chi connectivity index (χ3v) is 5.20. The number of fused-ring (bicyclic) bond motifs is 1. The molecule has 0 saturated carbocycles. The number of anilines is 3. The van der Waals surface area contributed by atoms with E-state index in [1.54, 1.807) is 19.3 Å². The molecule has 3 aromatic heterocycles. The fraction of sp³-hybridized carbons (Fsp3) is 0.444. The standard InChI is InChI=1S/C18H21F3N8/c1-4-22-14-12(18(19,20)21)9-24-16(27-14)26-13-10-25-29(11(13)2)17(3)5-7-28-8-6-23-15(17)28/h6,8-10H,4-5,7H2,1-3H3,(H2,22,24,26,27)/t17-/m1/s1. The normalized spacial score (nSPS) is 18.7. The van der Waals surface area contributed by atoms with Gasteiger partial charge in [-0.3, -0.25) is 4.68 Å². The van der Waals surface area contributed by atoms with Crippen molar-refractivity contribution in [2.75, 3.05) is 17.2 Å². The van der Waals surface area contributed by atoms with Crippen molar-refractivity contribution in [3.05, 3.63) is 41.9 Å². The summed E-state index contributed by atoms with van der Waals surface area (Å²) in [5.74, 6) is 0.734. The second-order valence-electron chi connectivity index (χ2n) is 7.13. The molecular weight excluding hydrogens is 385 g/mol. The highest BCUT2D eigenvalue weighted by molar-refractivity contribution is 5.58. The van der Waals surface area contributed by atoms with Crippen molar-refractivity contribution in [1.82, 2.24) is 29.3 Å². The van der Waals surface area contributed by atoms with E-state index in [0.29, 0.717) is 12.2 Å². The van der Waals surface area contributed by atoms with Gasteiger partial charge < -0.3 is 15.2 Å². The third-order valence-electron chi connectivity index (χ3n) is 5.20. The maximum atomic E-state index is 13.1. The lowest BCUT2D eigenvalue weighted by Gasteiger charge is -2.25. The molecule has 1 atom stereocenters. The van der Waals surface area contributed by atoms with E-state index >= 15 is 0 Å². The molecule has 4 rings (SSSR count). The molecule has 0 radical (unpaired) electrons. The summed E-state index contributed by atoms with van der Waals surface area (Å²) in [6.07, 6.45) is 2.43. The summed E-state index contributed by atoms with van der Waals surface area (Å²) >= 11 is 0. The molecule has 0 fully saturated rings. The first-order valence-electron chi connectivity index (χ1n) is 9.26. The van der Waals surface area contributed by atoms with Gasteiger partial charge in [-0.1, -0.05) is 0 Å². The van der Waals surface area contributed by atoms with Gasteiger partial charge in [-0.25, -0.2) is 9.97 Å². The highest BCUT2D eigenvalue weighted by Crippen LogP contribution is 2.37. The summed E-state index contributed by atoms with van der Waals surface area (Å²) in [7, 11) is 0. The number of aromatic nitrogens is 6. The molecule has 3 aromatic rings. The number of halogens is 3. The Bertz CT molecular complexity index is 1040. The zero-order chi connectivity index (χ0) is 20.8. The van der Waals surface area contributed by atoms with Crippen molar-refractivity contribution in [3.63, 3.8) is 0 Å². The highest BCUT2D eigenvalue weighted by atomic mass is 19.4. The second-order valence-corrected chi connectivity index (χ2v) is 7.13. The summed E-state index contributed by atoms with van der Waals surface area (Å²) in [5.41, 5.74) is 0.141. The van der Waals surface area contributed by atoms with Crippen LogP contribution in [0.2, 0.25) is 0 Å². The van der Waals surface area contributed by atoms with Crippen LogP contribution >= 0.6 is 0 Å². The fourth-order valence-corrected chi connectivity index (χ4v) is 3.71. The number of hydrogen-bond acceptors (Lipinski definition) is 6. The summed E-state index contributed by atoms with van der Waals surface area (Å²) in [4.78, 5) is 12.3. The fourth-order valence-electron chi connectivity index (χ4n) is 3.71. The van der Waals surface area contributed by atoms with Crippen molar-refractivity contribution < 1.29 is 13.2 Å². The Morgan fingerprint density at radius 3 is 2.76 bits per heavy atom. The van der Waals surface area contributed by atoms with Gasteiger partial charge in [0.05, 0.1) is 17.6 Å². The van der Waals surface area contributed by atoms with Crippen LogP contribution in [0.15, 0.2) is 24.8 Å². The van der Waals surface area contributed by atoms with Gasteiger partial charge in [0.2, 0.25) is 5.95 Å². The van der Waals surface area contributed by atoms with E-state index in [4.69, 9.17) is 0 Å². The van der Waals surface area contributed by atoms with Crippen LogP contribution in [-0.2, 0) is 18.3 Å². The molecule has 8 nitrogen and oxygen atoms in total. The van der Waals surface area contributed by atoms with E-state index in [2.05, 4.69) is 42.2 Å². The lowest BCUT2D eigenvalue weighted by molar-refractivity contribution is -0.137. The Kier molecular flexibility index (Phi) is 4.47. The molecule has 0 spiro atoms. The monoisotopic (exact) mass is 406 g/mol. The smallest absolute Gasteiger partial charge is 0.370 e. The maximum Gasteiger partial charge on any atom is 0.421 e. The van der Waals surface area contributed by atoms with E-state index in [1.807, 2.05) is 17.8 Å². The molecule has 11 heteroatoms. The Labute approximate surface area is 165 Å². The van der Waals surface area contributed by atoms with Crippen LogP contribution in [0.1, 0.15) is 37.4 Å². The molecule has 2 N–H and O–H groups in total. The number of nitrogens with one attached hydrogen (secondary N) is 2. The van der Waals surface area contributed by atoms with E-state index in [0.717, 1.165) is 30.7 Å². The molecule has 1 aliphatic rings. The Morgan fingerprint density at radius 2 is 2.03 bits per heavy atom. The number of aryl methyl sites for hydroxylation is 1. The van der Waals surface area contributed by atoms with Crippen LogP contribution < -0.4 is 10.6 Å². The number of imidazole rings is 1. The van der Waals surface area contributed by atoms with Crippen molar-refractivity contribution >= 4 is 17.5 Å². The summed E-state index contributed by atoms with van der Waals surface area (Å²) in [6, 6.07) is 0. The first-order valence-corrected chi connectivity index (χ1v) is 9.26. The van der Waals surface area contributed by atoms with Gasteiger partial charge in [-0.2, -0.15) is 23.3 Å². The largest absolute Gasteiger partial charge is 0.421 e. The van der Waals surface area contributed by atoms with E-state index in [9.17, 15) is 13.2 Å². The SMILES string of the molecule is CCNc1nc(Nc2cnn([C@]3(C)CCn4ccnc43)c2C)ncc1C(F)(F)F. The molecule has 29 heavy (non-hydrogen) atoms. The highest BCUT2D eigenvalue weighted by Gasteiger charge is 2.40. The molecule has 0 aromatic carbocycles. The molecular formula is C18H21F3N8. The minimum Gasteiger partial charge on any atom is -0.370 e. The number of nitrogens with zero attached hydrogens (tertiary/aromatic N) is 6. The molecule has 0 amide bonds. The zero-order valence-electron chi connectivity index (χ0n) is 16.2. The van der Waals surface area contributed by atoms with E-state index in [1.165, 1.54) is 0 Å². The molecule has 154 valence electrons. The van der Waals surface area contributed by atoms with Gasteiger partial charge in [0, 0.05) is 31.7 Å². The number of rotatable bonds is 5. The van der Waals surface area contributed by atoms with E-state index < -0.39 is 17.3 Å². The lowest BCUT2D eigenvalue weighted by Crippen LogP contribution is -2.31. The van der Waals surface area contributed by atoms with Crippen LogP contribution in [0.3, 0.4) is 0 Å². The Morgan fingerprint density at radius 1 is 1.24 bits per heavy atom. The first kappa shape index (κ1) is 19.2. The van der Waals surface area contributed by atoms with Crippen LogP contribution in [0, 0.1) is 6.92 Å². The van der Waals surface area contributed by atoms with Gasteiger partial charge in [0.15, 0.2) is 0 Å². The zero-order valence-corrected chi connectivity index (χ0v) is 16.2. The average molecular weight is 406 g/mol. The molecule has 0 unspecified atom stereocenters. The number of hydrogen-bond donors (Lipinski definition) is 2. The molecule has 0 saturated heterocycles. The van der Waals surface area contributed by atoms with Crippen molar-refractivity contribution in [2.45, 2.75) is 45.5 Å². The maximum absolute atomic E-state index is 13.1. The number of alkyl halides is 3. The van der Waals surface area contributed by atoms with Crippen molar-refractivity contribution in [3.8, 4) is 0 Å². The van der Waals surface area contributed by atoms with Crippen LogP contribution in [0.25, 0.3) is 0 Å². The van der Waals surface area contributed by atoms with Crippen molar-refractivity contribution in [1.29, 1.82) is 0 Å². The van der Waals surface area contributed by atoms with Gasteiger partial charge in [-0.15, -0.1) is 0 Å². The van der Waals surface area contributed by atoms with Gasteiger partial charge in [0.1, 0.15) is 22.7 Å². The molecule has 0 aliphatic carbocycles.